The fraction of sp³-hybridized carbons (Fsp3) is 0.600. The van der Waals surface area contributed by atoms with Gasteiger partial charge in [-0.1, -0.05) is 32.0 Å². The molecule has 1 aromatic rings. The Kier molecular flexibility index (Phi) is 4.55. The van der Waals surface area contributed by atoms with Crippen molar-refractivity contribution in [3.8, 4) is 0 Å². The molecule has 1 N–H and O–H groups in total. The second kappa shape index (κ2) is 5.49. The summed E-state index contributed by atoms with van der Waals surface area (Å²) in [5, 5.41) is 3.66. The van der Waals surface area contributed by atoms with Crippen LogP contribution in [0.25, 0.3) is 0 Å². The lowest BCUT2D eigenvalue weighted by Crippen LogP contribution is -2.33. The van der Waals surface area contributed by atoms with E-state index in [1.54, 1.807) is 0 Å². The highest BCUT2D eigenvalue weighted by atomic mass is 14.9. The molecule has 0 saturated heterocycles. The Bertz CT molecular complexity index is 341. The molecule has 0 fully saturated rings. The van der Waals surface area contributed by atoms with E-state index >= 15 is 0 Å². The van der Waals surface area contributed by atoms with Gasteiger partial charge in [0.05, 0.1) is 0 Å². The van der Waals surface area contributed by atoms with Gasteiger partial charge < -0.3 is 5.32 Å². The number of hydrogen-bond acceptors (Lipinski definition) is 1. The summed E-state index contributed by atoms with van der Waals surface area (Å²) in [6, 6.07) is 7.53. The second-order valence-corrected chi connectivity index (χ2v) is 5.21. The van der Waals surface area contributed by atoms with Crippen LogP contribution in [0.2, 0.25) is 0 Å². The van der Waals surface area contributed by atoms with Crippen molar-refractivity contribution in [2.75, 3.05) is 0 Å². The summed E-state index contributed by atoms with van der Waals surface area (Å²) in [7, 11) is 0. The van der Waals surface area contributed by atoms with Crippen LogP contribution in [0.15, 0.2) is 18.2 Å². The largest absolute Gasteiger partial charge is 0.307 e. The van der Waals surface area contributed by atoms with Gasteiger partial charge in [0.15, 0.2) is 0 Å². The van der Waals surface area contributed by atoms with Gasteiger partial charge >= 0.3 is 0 Å². The summed E-state index contributed by atoms with van der Waals surface area (Å²) >= 11 is 0. The number of hydrogen-bond donors (Lipinski definition) is 1. The molecule has 90 valence electrons. The van der Waals surface area contributed by atoms with Crippen LogP contribution in [0.4, 0.5) is 0 Å². The lowest BCUT2D eigenvalue weighted by Gasteiger charge is -2.24. The van der Waals surface area contributed by atoms with E-state index in [2.05, 4.69) is 65.1 Å². The first kappa shape index (κ1) is 13.2. The third-order valence-electron chi connectivity index (χ3n) is 3.63. The average molecular weight is 219 g/mol. The topological polar surface area (TPSA) is 12.0 Å². The zero-order valence-electron chi connectivity index (χ0n) is 11.5. The standard InChI is InChI=1S/C15H25N/c1-10(2)13(5)16-14(6)15-9-7-8-11(3)12(15)4/h7-10,13-14,16H,1-6H3. The molecule has 0 bridgehead atoms. The minimum Gasteiger partial charge on any atom is -0.307 e. The van der Waals surface area contributed by atoms with E-state index in [-0.39, 0.29) is 0 Å². The second-order valence-electron chi connectivity index (χ2n) is 5.21. The van der Waals surface area contributed by atoms with Gasteiger partial charge in [-0.2, -0.15) is 0 Å². The van der Waals surface area contributed by atoms with Crippen LogP contribution in [0, 0.1) is 19.8 Å². The van der Waals surface area contributed by atoms with Gasteiger partial charge in [-0.25, -0.2) is 0 Å². The van der Waals surface area contributed by atoms with Gasteiger partial charge in [-0.3, -0.25) is 0 Å². The fourth-order valence-electron chi connectivity index (χ4n) is 1.92. The highest BCUT2D eigenvalue weighted by Crippen LogP contribution is 2.21. The third kappa shape index (κ3) is 3.08. The van der Waals surface area contributed by atoms with Crippen LogP contribution in [0.5, 0.6) is 0 Å². The third-order valence-corrected chi connectivity index (χ3v) is 3.63. The van der Waals surface area contributed by atoms with Gasteiger partial charge in [-0.05, 0) is 50.3 Å². The molecule has 2 atom stereocenters. The normalized spacial score (nSPS) is 15.2. The molecule has 1 rings (SSSR count). The Morgan fingerprint density at radius 3 is 2.19 bits per heavy atom. The van der Waals surface area contributed by atoms with E-state index in [1.807, 2.05) is 0 Å². The highest BCUT2D eigenvalue weighted by Gasteiger charge is 2.13. The van der Waals surface area contributed by atoms with E-state index in [1.165, 1.54) is 16.7 Å². The number of aryl methyl sites for hydroxylation is 1. The lowest BCUT2D eigenvalue weighted by molar-refractivity contribution is 0.388. The average Bonchev–Trinajstić information content (AvgIpc) is 2.21. The van der Waals surface area contributed by atoms with Crippen LogP contribution in [-0.2, 0) is 0 Å². The summed E-state index contributed by atoms with van der Waals surface area (Å²) in [6.07, 6.45) is 0. The molecule has 0 amide bonds. The van der Waals surface area contributed by atoms with Gasteiger partial charge in [0.2, 0.25) is 0 Å². The Morgan fingerprint density at radius 2 is 1.62 bits per heavy atom. The predicted molar refractivity (Wildman–Crippen MR) is 71.8 cm³/mol. The van der Waals surface area contributed by atoms with Gasteiger partial charge in [0, 0.05) is 12.1 Å². The molecule has 0 saturated carbocycles. The minimum absolute atomic E-state index is 0.428. The van der Waals surface area contributed by atoms with E-state index in [0.717, 1.165) is 0 Å². The van der Waals surface area contributed by atoms with Gasteiger partial charge in [-0.15, -0.1) is 0 Å². The summed E-state index contributed by atoms with van der Waals surface area (Å²) in [4.78, 5) is 0. The van der Waals surface area contributed by atoms with E-state index in [0.29, 0.717) is 18.0 Å². The molecule has 2 unspecified atom stereocenters. The molecular formula is C15H25N. The van der Waals surface area contributed by atoms with E-state index in [9.17, 15) is 0 Å². The molecule has 16 heavy (non-hydrogen) atoms. The summed E-state index contributed by atoms with van der Waals surface area (Å²) in [6.45, 7) is 13.4. The molecular weight excluding hydrogens is 194 g/mol. The Balaban J connectivity index is 2.80. The number of benzene rings is 1. The van der Waals surface area contributed by atoms with Crippen molar-refractivity contribution in [3.63, 3.8) is 0 Å². The zero-order valence-corrected chi connectivity index (χ0v) is 11.5. The SMILES string of the molecule is Cc1cccc(C(C)NC(C)C(C)C)c1C. The molecule has 0 spiro atoms. The van der Waals surface area contributed by atoms with Crippen molar-refractivity contribution in [1.29, 1.82) is 0 Å². The first-order chi connectivity index (χ1) is 7.43. The fourth-order valence-corrected chi connectivity index (χ4v) is 1.92. The molecule has 0 aromatic heterocycles. The van der Waals surface area contributed by atoms with Crippen LogP contribution >= 0.6 is 0 Å². The Labute approximate surface area is 100 Å². The maximum absolute atomic E-state index is 3.66. The van der Waals surface area contributed by atoms with Crippen LogP contribution in [0.3, 0.4) is 0 Å². The monoisotopic (exact) mass is 219 g/mol. The van der Waals surface area contributed by atoms with Crippen molar-refractivity contribution < 1.29 is 0 Å². The summed E-state index contributed by atoms with van der Waals surface area (Å²) in [5.74, 6) is 0.674. The first-order valence-corrected chi connectivity index (χ1v) is 6.25. The quantitative estimate of drug-likeness (QED) is 0.807. The molecule has 0 aliphatic heterocycles. The zero-order chi connectivity index (χ0) is 12.3. The smallest absolute Gasteiger partial charge is 0.0297 e. The molecule has 1 aromatic carbocycles. The van der Waals surface area contributed by atoms with Crippen molar-refractivity contribution in [1.82, 2.24) is 5.32 Å². The first-order valence-electron chi connectivity index (χ1n) is 6.25. The van der Waals surface area contributed by atoms with Crippen LogP contribution in [0.1, 0.15) is 50.4 Å². The molecule has 0 aliphatic carbocycles. The molecule has 0 aliphatic rings. The Hall–Kier alpha value is -0.820. The van der Waals surface area contributed by atoms with Crippen molar-refractivity contribution in [3.05, 3.63) is 34.9 Å². The number of nitrogens with one attached hydrogen (secondary N) is 1. The van der Waals surface area contributed by atoms with Gasteiger partial charge in [0.1, 0.15) is 0 Å². The molecule has 0 heterocycles. The van der Waals surface area contributed by atoms with Crippen molar-refractivity contribution in [2.45, 2.75) is 53.6 Å². The summed E-state index contributed by atoms with van der Waals surface area (Å²) in [5.41, 5.74) is 4.22. The lowest BCUT2D eigenvalue weighted by atomic mass is 9.97. The molecule has 1 heteroatoms. The predicted octanol–water partition coefficient (Wildman–Crippen LogP) is 4.00. The Morgan fingerprint density at radius 1 is 1.00 bits per heavy atom. The molecule has 1 nitrogen and oxygen atoms in total. The maximum Gasteiger partial charge on any atom is 0.0297 e. The van der Waals surface area contributed by atoms with Crippen LogP contribution in [-0.4, -0.2) is 6.04 Å². The molecule has 0 radical (unpaired) electrons. The highest BCUT2D eigenvalue weighted by molar-refractivity contribution is 5.35. The maximum atomic E-state index is 3.66. The van der Waals surface area contributed by atoms with Crippen molar-refractivity contribution >= 4 is 0 Å². The van der Waals surface area contributed by atoms with E-state index < -0.39 is 0 Å². The van der Waals surface area contributed by atoms with Crippen LogP contribution < -0.4 is 5.32 Å². The van der Waals surface area contributed by atoms with Gasteiger partial charge in [0.25, 0.3) is 0 Å². The summed E-state index contributed by atoms with van der Waals surface area (Å²) < 4.78 is 0. The number of rotatable bonds is 4. The van der Waals surface area contributed by atoms with E-state index in [4.69, 9.17) is 0 Å². The minimum atomic E-state index is 0.428. The van der Waals surface area contributed by atoms with Crippen molar-refractivity contribution in [2.24, 2.45) is 5.92 Å².